The van der Waals surface area contributed by atoms with Crippen molar-refractivity contribution >= 4 is 5.91 Å². The van der Waals surface area contributed by atoms with Crippen molar-refractivity contribution in [2.24, 2.45) is 0 Å². The maximum Gasteiger partial charge on any atom is 0.254 e. The Balaban J connectivity index is 2.24. The van der Waals surface area contributed by atoms with Crippen molar-refractivity contribution in [3.8, 4) is 0 Å². The summed E-state index contributed by atoms with van der Waals surface area (Å²) in [5.74, 6) is 0.0115. The molecule has 18 heavy (non-hydrogen) atoms. The number of hydrogen-bond acceptors (Lipinski definition) is 3. The number of rotatable bonds is 4. The SMILES string of the molecule is CCC[C@@]1(CO)CCCN1C(=O)c1ccncc1. The number of aliphatic hydroxyl groups is 1. The monoisotopic (exact) mass is 248 g/mol. The lowest BCUT2D eigenvalue weighted by Gasteiger charge is -2.37. The maximum absolute atomic E-state index is 12.5. The van der Waals surface area contributed by atoms with E-state index in [1.807, 2.05) is 4.90 Å². The van der Waals surface area contributed by atoms with Crippen molar-refractivity contribution < 1.29 is 9.90 Å². The minimum atomic E-state index is -0.352. The third-order valence-electron chi connectivity index (χ3n) is 3.78. The number of carbonyl (C=O) groups is 1. The molecule has 4 heteroatoms. The number of carbonyl (C=O) groups excluding carboxylic acids is 1. The Kier molecular flexibility index (Phi) is 3.97. The first-order valence-electron chi connectivity index (χ1n) is 6.56. The Morgan fingerprint density at radius 3 is 2.83 bits per heavy atom. The van der Waals surface area contributed by atoms with E-state index in [0.29, 0.717) is 5.56 Å². The first-order chi connectivity index (χ1) is 8.73. The Bertz CT molecular complexity index is 408. The van der Waals surface area contributed by atoms with Gasteiger partial charge in [-0.2, -0.15) is 0 Å². The summed E-state index contributed by atoms with van der Waals surface area (Å²) in [6.45, 7) is 2.88. The zero-order chi connectivity index (χ0) is 13.0. The van der Waals surface area contributed by atoms with Gasteiger partial charge in [0.15, 0.2) is 0 Å². The Hall–Kier alpha value is -1.42. The van der Waals surface area contributed by atoms with Crippen molar-refractivity contribution in [2.75, 3.05) is 13.2 Å². The molecule has 0 radical (unpaired) electrons. The molecule has 2 rings (SSSR count). The lowest BCUT2D eigenvalue weighted by molar-refractivity contribution is 0.0377. The van der Waals surface area contributed by atoms with Crippen molar-refractivity contribution in [3.63, 3.8) is 0 Å². The van der Waals surface area contributed by atoms with Gasteiger partial charge in [-0.25, -0.2) is 0 Å². The molecule has 1 aromatic heterocycles. The van der Waals surface area contributed by atoms with E-state index >= 15 is 0 Å². The summed E-state index contributed by atoms with van der Waals surface area (Å²) in [7, 11) is 0. The predicted octanol–water partition coefficient (Wildman–Crippen LogP) is 1.85. The number of likely N-dealkylation sites (tertiary alicyclic amines) is 1. The number of pyridine rings is 1. The van der Waals surface area contributed by atoms with E-state index < -0.39 is 0 Å². The van der Waals surface area contributed by atoms with Crippen LogP contribution >= 0.6 is 0 Å². The molecular formula is C14H20N2O2. The van der Waals surface area contributed by atoms with Crippen molar-refractivity contribution in [1.29, 1.82) is 0 Å². The van der Waals surface area contributed by atoms with E-state index in [9.17, 15) is 9.90 Å². The van der Waals surface area contributed by atoms with Crippen molar-refractivity contribution in [3.05, 3.63) is 30.1 Å². The minimum absolute atomic E-state index is 0.0115. The van der Waals surface area contributed by atoms with Crippen LogP contribution in [-0.2, 0) is 0 Å². The van der Waals surface area contributed by atoms with Crippen molar-refractivity contribution in [1.82, 2.24) is 9.88 Å². The van der Waals surface area contributed by atoms with Gasteiger partial charge in [0, 0.05) is 24.5 Å². The van der Waals surface area contributed by atoms with Crippen molar-refractivity contribution in [2.45, 2.75) is 38.1 Å². The fourth-order valence-corrected chi connectivity index (χ4v) is 2.87. The topological polar surface area (TPSA) is 53.4 Å². The third-order valence-corrected chi connectivity index (χ3v) is 3.78. The molecule has 1 aliphatic heterocycles. The van der Waals surface area contributed by atoms with Crippen LogP contribution in [0.25, 0.3) is 0 Å². The van der Waals surface area contributed by atoms with Gasteiger partial charge in [0.1, 0.15) is 0 Å². The Morgan fingerprint density at radius 1 is 1.50 bits per heavy atom. The fourth-order valence-electron chi connectivity index (χ4n) is 2.87. The quantitative estimate of drug-likeness (QED) is 0.884. The molecule has 4 nitrogen and oxygen atoms in total. The number of aliphatic hydroxyl groups excluding tert-OH is 1. The van der Waals surface area contributed by atoms with Gasteiger partial charge in [-0.15, -0.1) is 0 Å². The van der Waals surface area contributed by atoms with Crippen LogP contribution in [0.2, 0.25) is 0 Å². The van der Waals surface area contributed by atoms with Crippen LogP contribution in [0.5, 0.6) is 0 Å². The first-order valence-corrected chi connectivity index (χ1v) is 6.56. The summed E-state index contributed by atoms with van der Waals surface area (Å²) in [5, 5.41) is 9.71. The molecule has 0 saturated carbocycles. The lowest BCUT2D eigenvalue weighted by Crippen LogP contribution is -2.50. The highest BCUT2D eigenvalue weighted by atomic mass is 16.3. The van der Waals surface area contributed by atoms with Crippen LogP contribution in [0.3, 0.4) is 0 Å². The van der Waals surface area contributed by atoms with Gasteiger partial charge in [0.25, 0.3) is 5.91 Å². The second-order valence-corrected chi connectivity index (χ2v) is 4.93. The average Bonchev–Trinajstić information content (AvgIpc) is 2.83. The van der Waals surface area contributed by atoms with Gasteiger partial charge in [0.2, 0.25) is 0 Å². The van der Waals surface area contributed by atoms with Crippen LogP contribution in [0.15, 0.2) is 24.5 Å². The molecule has 0 aromatic carbocycles. The summed E-state index contributed by atoms with van der Waals surface area (Å²) < 4.78 is 0. The molecule has 1 fully saturated rings. The van der Waals surface area contributed by atoms with E-state index in [0.717, 1.165) is 32.2 Å². The van der Waals surface area contributed by atoms with Gasteiger partial charge in [0.05, 0.1) is 12.1 Å². The molecule has 1 aromatic rings. The Morgan fingerprint density at radius 2 is 2.22 bits per heavy atom. The van der Waals surface area contributed by atoms with Gasteiger partial charge < -0.3 is 10.0 Å². The Labute approximate surface area is 108 Å². The highest BCUT2D eigenvalue weighted by Gasteiger charge is 2.42. The van der Waals surface area contributed by atoms with Gasteiger partial charge in [-0.05, 0) is 31.4 Å². The normalized spacial score (nSPS) is 23.3. The lowest BCUT2D eigenvalue weighted by atomic mass is 9.91. The van der Waals surface area contributed by atoms with E-state index in [-0.39, 0.29) is 18.1 Å². The summed E-state index contributed by atoms with van der Waals surface area (Å²) in [4.78, 5) is 18.3. The number of nitrogens with zero attached hydrogens (tertiary/aromatic N) is 2. The second kappa shape index (κ2) is 5.48. The molecule has 1 N–H and O–H groups in total. The maximum atomic E-state index is 12.5. The zero-order valence-electron chi connectivity index (χ0n) is 10.8. The zero-order valence-corrected chi connectivity index (χ0v) is 10.8. The van der Waals surface area contributed by atoms with E-state index in [2.05, 4.69) is 11.9 Å². The van der Waals surface area contributed by atoms with E-state index in [4.69, 9.17) is 0 Å². The fraction of sp³-hybridized carbons (Fsp3) is 0.571. The molecular weight excluding hydrogens is 228 g/mol. The highest BCUT2D eigenvalue weighted by molar-refractivity contribution is 5.94. The van der Waals surface area contributed by atoms with Crippen LogP contribution in [0, 0.1) is 0 Å². The van der Waals surface area contributed by atoms with Gasteiger partial charge >= 0.3 is 0 Å². The molecule has 1 aliphatic rings. The van der Waals surface area contributed by atoms with Gasteiger partial charge in [-0.1, -0.05) is 13.3 Å². The number of hydrogen-bond donors (Lipinski definition) is 1. The third kappa shape index (κ3) is 2.25. The number of aromatic nitrogens is 1. The minimum Gasteiger partial charge on any atom is -0.394 e. The molecule has 0 spiro atoms. The van der Waals surface area contributed by atoms with E-state index in [1.54, 1.807) is 24.5 Å². The molecule has 0 unspecified atom stereocenters. The van der Waals surface area contributed by atoms with Crippen LogP contribution in [0.4, 0.5) is 0 Å². The largest absolute Gasteiger partial charge is 0.394 e. The van der Waals surface area contributed by atoms with E-state index in [1.165, 1.54) is 0 Å². The smallest absolute Gasteiger partial charge is 0.254 e. The second-order valence-electron chi connectivity index (χ2n) is 4.93. The molecule has 1 amide bonds. The molecule has 1 atom stereocenters. The molecule has 98 valence electrons. The first kappa shape index (κ1) is 13.0. The standard InChI is InChI=1S/C14H20N2O2/c1-2-6-14(11-17)7-3-10-16(14)13(18)12-4-8-15-9-5-12/h4-5,8-9,17H,2-3,6-7,10-11H2,1H3/t14-/m0/s1. The summed E-state index contributed by atoms with van der Waals surface area (Å²) in [6, 6.07) is 3.46. The summed E-state index contributed by atoms with van der Waals surface area (Å²) in [5.41, 5.74) is 0.301. The van der Waals surface area contributed by atoms with Gasteiger partial charge in [-0.3, -0.25) is 9.78 Å². The molecule has 2 heterocycles. The summed E-state index contributed by atoms with van der Waals surface area (Å²) >= 11 is 0. The molecule has 0 bridgehead atoms. The molecule has 0 aliphatic carbocycles. The number of amides is 1. The van der Waals surface area contributed by atoms with Crippen LogP contribution in [-0.4, -0.2) is 39.6 Å². The highest BCUT2D eigenvalue weighted by Crippen LogP contribution is 2.34. The molecule has 1 saturated heterocycles. The van der Waals surface area contributed by atoms with Crippen LogP contribution < -0.4 is 0 Å². The van der Waals surface area contributed by atoms with Crippen LogP contribution in [0.1, 0.15) is 43.0 Å². The summed E-state index contributed by atoms with van der Waals surface area (Å²) in [6.07, 6.45) is 6.96. The predicted molar refractivity (Wildman–Crippen MR) is 69.2 cm³/mol. The average molecular weight is 248 g/mol.